The quantitative estimate of drug-likeness (QED) is 0.402. The molecule has 5 nitrogen and oxygen atoms in total. The van der Waals surface area contributed by atoms with Crippen molar-refractivity contribution in [1.82, 2.24) is 15.8 Å². The van der Waals surface area contributed by atoms with Crippen molar-refractivity contribution in [2.24, 2.45) is 10.9 Å². The molecule has 0 saturated heterocycles. The van der Waals surface area contributed by atoms with E-state index in [4.69, 9.17) is 4.52 Å². The Kier molecular flexibility index (Phi) is 8.20. The summed E-state index contributed by atoms with van der Waals surface area (Å²) in [7, 11) is 0. The van der Waals surface area contributed by atoms with Crippen molar-refractivity contribution >= 4 is 29.9 Å². The molecule has 0 spiro atoms. The first-order valence-electron chi connectivity index (χ1n) is 8.18. The number of aromatic nitrogens is 1. The molecular formula is C16H29IN4O. The van der Waals surface area contributed by atoms with Gasteiger partial charge in [-0.25, -0.2) is 4.99 Å². The van der Waals surface area contributed by atoms with E-state index >= 15 is 0 Å². The van der Waals surface area contributed by atoms with E-state index in [1.807, 2.05) is 6.07 Å². The Hall–Kier alpha value is -0.790. The van der Waals surface area contributed by atoms with Crippen molar-refractivity contribution < 1.29 is 4.52 Å². The molecule has 6 heteroatoms. The lowest BCUT2D eigenvalue weighted by Crippen LogP contribution is -2.39. The molecule has 22 heavy (non-hydrogen) atoms. The summed E-state index contributed by atoms with van der Waals surface area (Å²) in [6, 6.07) is 2.61. The molecular weight excluding hydrogens is 391 g/mol. The van der Waals surface area contributed by atoms with Gasteiger partial charge in [0.15, 0.2) is 11.7 Å². The van der Waals surface area contributed by atoms with Gasteiger partial charge in [-0.2, -0.15) is 0 Å². The lowest BCUT2D eigenvalue weighted by Gasteiger charge is -2.09. The van der Waals surface area contributed by atoms with Gasteiger partial charge in [0.2, 0.25) is 0 Å². The molecule has 1 saturated carbocycles. The number of guanidine groups is 1. The normalized spacial score (nSPS) is 20.7. The first-order chi connectivity index (χ1) is 10.2. The zero-order valence-corrected chi connectivity index (χ0v) is 16.4. The van der Waals surface area contributed by atoms with Crippen LogP contribution in [0.2, 0.25) is 0 Å². The summed E-state index contributed by atoms with van der Waals surface area (Å²) in [5, 5.41) is 10.9. The highest BCUT2D eigenvalue weighted by Gasteiger charge is 2.33. The molecule has 1 heterocycles. The molecule has 0 bridgehead atoms. The van der Waals surface area contributed by atoms with E-state index < -0.39 is 0 Å². The Labute approximate surface area is 150 Å². The second-order valence-electron chi connectivity index (χ2n) is 5.89. The van der Waals surface area contributed by atoms with Crippen LogP contribution in [0.25, 0.3) is 0 Å². The van der Waals surface area contributed by atoms with Crippen LogP contribution in [0.5, 0.6) is 0 Å². The molecule has 0 aromatic carbocycles. The summed E-state index contributed by atoms with van der Waals surface area (Å²) in [6.45, 7) is 10.1. The Morgan fingerprint density at radius 2 is 2.09 bits per heavy atom. The first kappa shape index (κ1) is 19.3. The number of hydrogen-bond donors (Lipinski definition) is 2. The van der Waals surface area contributed by atoms with Gasteiger partial charge in [-0.05, 0) is 32.1 Å². The largest absolute Gasteiger partial charge is 0.359 e. The molecule has 126 valence electrons. The Morgan fingerprint density at radius 3 is 2.64 bits per heavy atom. The molecule has 1 aromatic rings. The molecule has 0 amide bonds. The predicted molar refractivity (Wildman–Crippen MR) is 101 cm³/mol. The fourth-order valence-corrected chi connectivity index (χ4v) is 2.48. The molecule has 2 atom stereocenters. The Bertz CT molecular complexity index is 470. The van der Waals surface area contributed by atoms with Crippen LogP contribution in [-0.2, 0) is 6.54 Å². The van der Waals surface area contributed by atoms with Crippen LogP contribution in [0, 0.1) is 5.92 Å². The van der Waals surface area contributed by atoms with Crippen LogP contribution in [0.15, 0.2) is 15.6 Å². The minimum atomic E-state index is 0. The summed E-state index contributed by atoms with van der Waals surface area (Å²) in [5.41, 5.74) is 1.05. The van der Waals surface area contributed by atoms with Crippen LogP contribution in [0.1, 0.15) is 64.3 Å². The summed E-state index contributed by atoms with van der Waals surface area (Å²) < 4.78 is 5.41. The highest BCUT2D eigenvalue weighted by Crippen LogP contribution is 2.28. The predicted octanol–water partition coefficient (Wildman–Crippen LogP) is 3.66. The molecule has 0 aliphatic heterocycles. The van der Waals surface area contributed by atoms with E-state index in [9.17, 15) is 0 Å². The van der Waals surface area contributed by atoms with E-state index in [2.05, 4.69) is 48.5 Å². The van der Waals surface area contributed by atoms with Gasteiger partial charge in [0, 0.05) is 24.6 Å². The molecule has 2 rings (SSSR count). The molecule has 2 N–H and O–H groups in total. The Balaban J connectivity index is 0.00000242. The van der Waals surface area contributed by atoms with Gasteiger partial charge in [0.25, 0.3) is 0 Å². The number of hydrogen-bond acceptors (Lipinski definition) is 3. The summed E-state index contributed by atoms with van der Waals surface area (Å²) >= 11 is 0. The summed E-state index contributed by atoms with van der Waals surface area (Å²) in [5.74, 6) is 2.94. The molecule has 1 fully saturated rings. The highest BCUT2D eigenvalue weighted by atomic mass is 127. The second-order valence-corrected chi connectivity index (χ2v) is 5.89. The lowest BCUT2D eigenvalue weighted by molar-refractivity contribution is 0.372. The van der Waals surface area contributed by atoms with Crippen LogP contribution in [0.3, 0.4) is 0 Å². The van der Waals surface area contributed by atoms with E-state index in [1.165, 1.54) is 6.42 Å². The van der Waals surface area contributed by atoms with Gasteiger partial charge in [-0.15, -0.1) is 24.0 Å². The monoisotopic (exact) mass is 420 g/mol. The second kappa shape index (κ2) is 9.37. The third-order valence-electron chi connectivity index (χ3n) is 4.15. The fraction of sp³-hybridized carbons (Fsp3) is 0.750. The maximum absolute atomic E-state index is 5.41. The zero-order valence-electron chi connectivity index (χ0n) is 14.1. The zero-order chi connectivity index (χ0) is 15.2. The molecule has 1 aromatic heterocycles. The summed E-state index contributed by atoms with van der Waals surface area (Å²) in [4.78, 5) is 4.58. The van der Waals surface area contributed by atoms with Crippen LogP contribution in [0.4, 0.5) is 0 Å². The maximum atomic E-state index is 5.41. The number of nitrogens with zero attached hydrogens (tertiary/aromatic N) is 2. The van der Waals surface area contributed by atoms with Gasteiger partial charge >= 0.3 is 0 Å². The molecule has 1 aliphatic rings. The number of halogens is 1. The fourth-order valence-electron chi connectivity index (χ4n) is 2.48. The topological polar surface area (TPSA) is 62.5 Å². The van der Waals surface area contributed by atoms with E-state index in [1.54, 1.807) is 0 Å². The van der Waals surface area contributed by atoms with Crippen molar-refractivity contribution in [3.63, 3.8) is 0 Å². The van der Waals surface area contributed by atoms with Gasteiger partial charge in [-0.1, -0.05) is 25.9 Å². The van der Waals surface area contributed by atoms with Gasteiger partial charge in [0.1, 0.15) is 6.54 Å². The minimum Gasteiger partial charge on any atom is -0.359 e. The lowest BCUT2D eigenvalue weighted by atomic mass is 9.99. The number of aliphatic imine (C=N–C) groups is 1. The average Bonchev–Trinajstić information content (AvgIpc) is 2.98. The van der Waals surface area contributed by atoms with Gasteiger partial charge in [-0.3, -0.25) is 0 Å². The third-order valence-corrected chi connectivity index (χ3v) is 4.15. The number of rotatable bonds is 7. The van der Waals surface area contributed by atoms with E-state index in [0.29, 0.717) is 18.5 Å². The van der Waals surface area contributed by atoms with Crippen LogP contribution < -0.4 is 10.6 Å². The number of nitrogens with one attached hydrogen (secondary N) is 2. The van der Waals surface area contributed by atoms with Crippen LogP contribution >= 0.6 is 24.0 Å². The molecule has 1 aliphatic carbocycles. The average molecular weight is 420 g/mol. The maximum Gasteiger partial charge on any atom is 0.191 e. The third kappa shape index (κ3) is 5.44. The summed E-state index contributed by atoms with van der Waals surface area (Å²) in [6.07, 6.45) is 3.41. The minimum absolute atomic E-state index is 0. The standard InChI is InChI=1S/C16H28N4O.HI/c1-5-12(6-2)15-9-13(21-20-15)10-18-16(17-7-3)19-14-8-11(14)4;/h9,11-12,14H,5-8,10H2,1-4H3,(H2,17,18,19);1H. The first-order valence-corrected chi connectivity index (χ1v) is 8.18. The molecule has 2 unspecified atom stereocenters. The van der Waals surface area contributed by atoms with Crippen LogP contribution in [-0.4, -0.2) is 23.7 Å². The Morgan fingerprint density at radius 1 is 1.41 bits per heavy atom. The van der Waals surface area contributed by atoms with Crippen molar-refractivity contribution in [3.05, 3.63) is 17.5 Å². The van der Waals surface area contributed by atoms with Gasteiger partial charge < -0.3 is 15.2 Å². The van der Waals surface area contributed by atoms with Crippen molar-refractivity contribution in [2.75, 3.05) is 6.54 Å². The van der Waals surface area contributed by atoms with Gasteiger partial charge in [0.05, 0.1) is 5.69 Å². The van der Waals surface area contributed by atoms with E-state index in [-0.39, 0.29) is 24.0 Å². The van der Waals surface area contributed by atoms with Crippen molar-refractivity contribution in [3.8, 4) is 0 Å². The smallest absolute Gasteiger partial charge is 0.191 e. The van der Waals surface area contributed by atoms with Crippen molar-refractivity contribution in [2.45, 2.75) is 65.5 Å². The van der Waals surface area contributed by atoms with E-state index in [0.717, 1.165) is 42.7 Å². The highest BCUT2D eigenvalue weighted by molar-refractivity contribution is 14.0. The van der Waals surface area contributed by atoms with Crippen molar-refractivity contribution in [1.29, 1.82) is 0 Å². The SMILES string of the molecule is CCNC(=NCc1cc(C(CC)CC)no1)NC1CC1C.I. The molecule has 0 radical (unpaired) electrons.